The van der Waals surface area contributed by atoms with Gasteiger partial charge in [0.15, 0.2) is 0 Å². The second-order valence-electron chi connectivity index (χ2n) is 3.28. The van der Waals surface area contributed by atoms with E-state index in [2.05, 4.69) is 6.92 Å². The Morgan fingerprint density at radius 3 is 1.83 bits per heavy atom. The van der Waals surface area contributed by atoms with Crippen molar-refractivity contribution in [2.45, 2.75) is 57.8 Å². The topological polar surface area (TPSA) is 0 Å². The minimum Gasteiger partial charge on any atom is -0.0935 e. The molecule has 71 valence electrons. The van der Waals surface area contributed by atoms with Crippen molar-refractivity contribution >= 4 is 17.6 Å². The Balaban J connectivity index is 2.77. The monoisotopic (exact) mass is 185 g/mol. The average molecular weight is 185 g/mol. The lowest BCUT2D eigenvalue weighted by molar-refractivity contribution is 0.587. The van der Waals surface area contributed by atoms with Crippen LogP contribution in [0.4, 0.5) is 0 Å². The largest absolute Gasteiger partial charge is 0.0935 e. The van der Waals surface area contributed by atoms with Gasteiger partial charge >= 0.3 is 0 Å². The summed E-state index contributed by atoms with van der Waals surface area (Å²) in [4.78, 5) is 0. The standard InChI is InChI=1S/C11H21S/c1-2-3-4-5-6-7-8-9-10-11-12/h11H,1-10H2. The molecule has 12 heavy (non-hydrogen) atoms. The van der Waals surface area contributed by atoms with Crippen molar-refractivity contribution in [2.24, 2.45) is 0 Å². The van der Waals surface area contributed by atoms with Gasteiger partial charge in [-0.1, -0.05) is 64.1 Å². The molecule has 0 saturated carbocycles. The summed E-state index contributed by atoms with van der Waals surface area (Å²) >= 11 is 4.76. The van der Waals surface area contributed by atoms with Crippen LogP contribution in [0.2, 0.25) is 0 Å². The van der Waals surface area contributed by atoms with Gasteiger partial charge in [0.05, 0.1) is 0 Å². The molecule has 0 fully saturated rings. The lowest BCUT2D eigenvalue weighted by Gasteiger charge is -1.99. The average Bonchev–Trinajstić information content (AvgIpc) is 2.10. The number of rotatable bonds is 9. The number of thiocarbonyl (C=S) groups is 1. The normalized spacial score (nSPS) is 10.1. The zero-order chi connectivity index (χ0) is 9.07. The van der Waals surface area contributed by atoms with Crippen LogP contribution in [0.5, 0.6) is 0 Å². The second kappa shape index (κ2) is 11.1. The highest BCUT2D eigenvalue weighted by Gasteiger charge is 1.89. The van der Waals surface area contributed by atoms with Gasteiger partial charge in [-0.3, -0.25) is 0 Å². The molecule has 0 aliphatic heterocycles. The molecule has 0 aromatic carbocycles. The van der Waals surface area contributed by atoms with E-state index in [0.717, 1.165) is 12.8 Å². The minimum absolute atomic E-state index is 1.10. The Bertz CT molecular complexity index is 89.0. The fourth-order valence-electron chi connectivity index (χ4n) is 1.29. The maximum atomic E-state index is 4.76. The van der Waals surface area contributed by atoms with Crippen LogP contribution in [0, 0.1) is 6.92 Å². The molecule has 0 heterocycles. The van der Waals surface area contributed by atoms with Crippen molar-refractivity contribution in [3.63, 3.8) is 0 Å². The lowest BCUT2D eigenvalue weighted by atomic mass is 10.1. The van der Waals surface area contributed by atoms with Gasteiger partial charge in [0, 0.05) is 0 Å². The van der Waals surface area contributed by atoms with E-state index in [1.54, 1.807) is 0 Å². The fraction of sp³-hybridized carbons (Fsp3) is 0.818. The van der Waals surface area contributed by atoms with Gasteiger partial charge in [-0.05, 0) is 18.2 Å². The SMILES string of the molecule is [CH2]CCCCCCCCCC=S. The molecule has 0 aromatic heterocycles. The first-order valence-corrected chi connectivity index (χ1v) is 5.62. The zero-order valence-electron chi connectivity index (χ0n) is 8.06. The first-order chi connectivity index (χ1) is 5.91. The summed E-state index contributed by atoms with van der Waals surface area (Å²) in [6.07, 6.45) is 11.7. The van der Waals surface area contributed by atoms with Crippen LogP contribution in [-0.2, 0) is 0 Å². The van der Waals surface area contributed by atoms with E-state index in [0.29, 0.717) is 0 Å². The predicted octanol–water partition coefficient (Wildman–Crippen LogP) is 4.33. The molecule has 1 heteroatoms. The van der Waals surface area contributed by atoms with Crippen LogP contribution < -0.4 is 0 Å². The quantitative estimate of drug-likeness (QED) is 0.380. The Labute approximate surface area is 82.7 Å². The van der Waals surface area contributed by atoms with Crippen molar-refractivity contribution in [3.05, 3.63) is 6.92 Å². The Morgan fingerprint density at radius 1 is 0.833 bits per heavy atom. The van der Waals surface area contributed by atoms with Crippen LogP contribution in [0.15, 0.2) is 0 Å². The molecule has 0 spiro atoms. The summed E-state index contributed by atoms with van der Waals surface area (Å²) in [6, 6.07) is 0. The molecule has 0 rings (SSSR count). The third kappa shape index (κ3) is 10.1. The van der Waals surface area contributed by atoms with Crippen molar-refractivity contribution in [1.29, 1.82) is 0 Å². The van der Waals surface area contributed by atoms with E-state index < -0.39 is 0 Å². The molecular formula is C11H21S. The molecule has 0 N–H and O–H groups in total. The van der Waals surface area contributed by atoms with E-state index in [-0.39, 0.29) is 0 Å². The van der Waals surface area contributed by atoms with Crippen LogP contribution >= 0.6 is 12.2 Å². The summed E-state index contributed by atoms with van der Waals surface area (Å²) in [6.45, 7) is 3.83. The van der Waals surface area contributed by atoms with Crippen LogP contribution in [0.3, 0.4) is 0 Å². The van der Waals surface area contributed by atoms with Gasteiger partial charge in [-0.2, -0.15) is 0 Å². The van der Waals surface area contributed by atoms with E-state index >= 15 is 0 Å². The van der Waals surface area contributed by atoms with Crippen molar-refractivity contribution in [2.75, 3.05) is 0 Å². The molecular weight excluding hydrogens is 164 g/mol. The predicted molar refractivity (Wildman–Crippen MR) is 60.6 cm³/mol. The summed E-state index contributed by atoms with van der Waals surface area (Å²) in [7, 11) is 0. The zero-order valence-corrected chi connectivity index (χ0v) is 8.87. The molecule has 0 nitrogen and oxygen atoms in total. The van der Waals surface area contributed by atoms with Crippen molar-refractivity contribution in [3.8, 4) is 0 Å². The van der Waals surface area contributed by atoms with Crippen LogP contribution in [0.1, 0.15) is 57.8 Å². The van der Waals surface area contributed by atoms with Gasteiger partial charge in [0.1, 0.15) is 0 Å². The van der Waals surface area contributed by atoms with Crippen molar-refractivity contribution < 1.29 is 0 Å². The molecule has 0 amide bonds. The van der Waals surface area contributed by atoms with Gasteiger partial charge in [0.25, 0.3) is 0 Å². The summed E-state index contributed by atoms with van der Waals surface area (Å²) in [5.74, 6) is 0. The molecule has 0 aliphatic rings. The van der Waals surface area contributed by atoms with Crippen LogP contribution in [-0.4, -0.2) is 5.37 Å². The van der Waals surface area contributed by atoms with Crippen LogP contribution in [0.25, 0.3) is 0 Å². The van der Waals surface area contributed by atoms with Gasteiger partial charge in [0.2, 0.25) is 0 Å². The minimum atomic E-state index is 1.10. The molecule has 0 saturated heterocycles. The number of unbranched alkanes of at least 4 members (excludes halogenated alkanes) is 8. The fourth-order valence-corrected chi connectivity index (χ4v) is 1.45. The molecule has 0 atom stereocenters. The second-order valence-corrected chi connectivity index (χ2v) is 3.62. The van der Waals surface area contributed by atoms with E-state index in [1.165, 1.54) is 44.9 Å². The third-order valence-corrected chi connectivity index (χ3v) is 2.31. The smallest absolute Gasteiger partial charge is 0.0210 e. The van der Waals surface area contributed by atoms with Gasteiger partial charge < -0.3 is 0 Å². The molecule has 1 radical (unpaired) electrons. The molecule has 0 bridgehead atoms. The van der Waals surface area contributed by atoms with E-state index in [1.807, 2.05) is 5.37 Å². The highest BCUT2D eigenvalue weighted by molar-refractivity contribution is 7.78. The molecule has 0 aromatic rings. The summed E-state index contributed by atoms with van der Waals surface area (Å²) in [5.41, 5.74) is 0. The molecule has 0 unspecified atom stereocenters. The lowest BCUT2D eigenvalue weighted by Crippen LogP contribution is -1.80. The van der Waals surface area contributed by atoms with E-state index in [4.69, 9.17) is 12.2 Å². The van der Waals surface area contributed by atoms with E-state index in [9.17, 15) is 0 Å². The maximum absolute atomic E-state index is 4.76. The highest BCUT2D eigenvalue weighted by atomic mass is 32.1. The first-order valence-electron chi connectivity index (χ1n) is 5.14. The Kier molecular flexibility index (Phi) is 11.2. The summed E-state index contributed by atoms with van der Waals surface area (Å²) < 4.78 is 0. The number of hydrogen-bond donors (Lipinski definition) is 0. The van der Waals surface area contributed by atoms with Gasteiger partial charge in [-0.15, -0.1) is 0 Å². The Hall–Kier alpha value is 0.0900. The Morgan fingerprint density at radius 2 is 1.33 bits per heavy atom. The van der Waals surface area contributed by atoms with Gasteiger partial charge in [-0.25, -0.2) is 0 Å². The summed E-state index contributed by atoms with van der Waals surface area (Å²) in [5, 5.41) is 1.85. The third-order valence-electron chi connectivity index (χ3n) is 2.07. The van der Waals surface area contributed by atoms with Crippen molar-refractivity contribution in [1.82, 2.24) is 0 Å². The highest BCUT2D eigenvalue weighted by Crippen LogP contribution is 2.08. The maximum Gasteiger partial charge on any atom is -0.0210 e. The number of hydrogen-bond acceptors (Lipinski definition) is 1. The first kappa shape index (κ1) is 12.1. The molecule has 0 aliphatic carbocycles.